The number of amides is 2. The van der Waals surface area contributed by atoms with Gasteiger partial charge in [-0.2, -0.15) is 0 Å². The van der Waals surface area contributed by atoms with E-state index in [2.05, 4.69) is 33.0 Å². The highest BCUT2D eigenvalue weighted by Crippen LogP contribution is 2.14. The van der Waals surface area contributed by atoms with Crippen molar-refractivity contribution in [2.24, 2.45) is 11.8 Å². The van der Waals surface area contributed by atoms with Crippen LogP contribution in [-0.4, -0.2) is 62.3 Å². The normalized spacial score (nSPS) is 14.1. The van der Waals surface area contributed by atoms with Crippen LogP contribution in [0, 0.1) is 11.8 Å². The highest BCUT2D eigenvalue weighted by molar-refractivity contribution is 5.76. The van der Waals surface area contributed by atoms with Crippen molar-refractivity contribution in [3.05, 3.63) is 0 Å². The average molecular weight is 449 g/mol. The van der Waals surface area contributed by atoms with Crippen molar-refractivity contribution in [1.82, 2.24) is 10.2 Å². The predicted octanol–water partition coefficient (Wildman–Crippen LogP) is 5.54. The zero-order chi connectivity index (χ0) is 25.2. The van der Waals surface area contributed by atoms with Gasteiger partial charge in [-0.05, 0) is 18.3 Å². The topological polar surface area (TPSA) is 67.9 Å². The minimum atomic E-state index is -0.00172. The van der Waals surface area contributed by atoms with E-state index in [1.54, 1.807) is 0 Å². The molecule has 1 N–H and O–H groups in total. The van der Waals surface area contributed by atoms with Gasteiger partial charge in [0.05, 0.1) is 12.7 Å². The van der Waals surface area contributed by atoms with Gasteiger partial charge in [-0.25, -0.2) is 0 Å². The van der Waals surface area contributed by atoms with Crippen LogP contribution < -0.4 is 5.32 Å². The van der Waals surface area contributed by atoms with E-state index in [-0.39, 0.29) is 17.9 Å². The first-order chi connectivity index (χ1) is 14.8. The molecule has 0 aliphatic carbocycles. The van der Waals surface area contributed by atoms with Crippen LogP contribution in [0.2, 0.25) is 0 Å². The molecule has 1 fully saturated rings. The average Bonchev–Trinajstić information content (AvgIpc) is 3.25. The third-order valence-corrected chi connectivity index (χ3v) is 3.54. The number of rotatable bonds is 9. The Labute approximate surface area is 194 Å². The Hall–Kier alpha value is -1.14. The lowest BCUT2D eigenvalue weighted by molar-refractivity contribution is -0.130. The fraction of sp³-hybridized carbons (Fsp3) is 0.920. The van der Waals surface area contributed by atoms with Gasteiger partial charge >= 0.3 is 0 Å². The summed E-state index contributed by atoms with van der Waals surface area (Å²) in [5.41, 5.74) is 0. The molecule has 2 amide bonds. The van der Waals surface area contributed by atoms with Crippen LogP contribution in [0.4, 0.5) is 0 Å². The number of nitrogens with one attached hydrogen (secondary N) is 1. The van der Waals surface area contributed by atoms with Crippen LogP contribution >= 0.6 is 0 Å². The van der Waals surface area contributed by atoms with Gasteiger partial charge < -0.3 is 19.7 Å². The zero-order valence-electron chi connectivity index (χ0n) is 23.0. The first-order valence-electron chi connectivity index (χ1n) is 12.5. The standard InChI is InChI=1S/C11H21NO2.C8H17NO2.3C2H6/c1-4-11(13)12-6-5-10(7-12)14-8-9(2)3;1-7(2)6-11-5-4-9-8(3)10;3*1-2/h9-10H,4-8H2,1-3H3;7H,4-6H2,1-3H3,(H,9,10);3*1-2H3. The molecule has 6 heteroatoms. The molecule has 1 saturated heterocycles. The number of nitrogens with zero attached hydrogens (tertiary/aromatic N) is 1. The third-order valence-electron chi connectivity index (χ3n) is 3.54. The van der Waals surface area contributed by atoms with Crippen LogP contribution in [0.25, 0.3) is 0 Å². The third kappa shape index (κ3) is 28.9. The van der Waals surface area contributed by atoms with Gasteiger partial charge in [-0.3, -0.25) is 9.59 Å². The highest BCUT2D eigenvalue weighted by atomic mass is 16.5. The molecule has 1 unspecified atom stereocenters. The van der Waals surface area contributed by atoms with Gasteiger partial charge in [-0.1, -0.05) is 76.2 Å². The molecule has 0 aromatic carbocycles. The smallest absolute Gasteiger partial charge is 0.222 e. The van der Waals surface area contributed by atoms with Crippen LogP contribution in [0.1, 0.15) is 95.9 Å². The zero-order valence-corrected chi connectivity index (χ0v) is 23.0. The Balaban J connectivity index is -0.000000193. The molecule has 1 aliphatic heterocycles. The first-order valence-corrected chi connectivity index (χ1v) is 12.5. The van der Waals surface area contributed by atoms with Gasteiger partial charge in [0.15, 0.2) is 0 Å². The predicted molar refractivity (Wildman–Crippen MR) is 134 cm³/mol. The number of carbonyl (C=O) groups excluding carboxylic acids is 2. The van der Waals surface area contributed by atoms with Crippen LogP contribution in [-0.2, 0) is 19.1 Å². The maximum absolute atomic E-state index is 11.4. The van der Waals surface area contributed by atoms with E-state index in [1.807, 2.05) is 53.4 Å². The minimum absolute atomic E-state index is 0.00172. The fourth-order valence-electron chi connectivity index (χ4n) is 2.26. The lowest BCUT2D eigenvalue weighted by atomic mass is 10.2. The maximum Gasteiger partial charge on any atom is 0.222 e. The summed E-state index contributed by atoms with van der Waals surface area (Å²) in [5, 5.41) is 2.66. The van der Waals surface area contributed by atoms with Crippen molar-refractivity contribution in [2.75, 3.05) is 39.5 Å². The Kier molecular flexibility index (Phi) is 34.6. The molecule has 0 spiro atoms. The number of ether oxygens (including phenoxy) is 2. The van der Waals surface area contributed by atoms with E-state index in [0.717, 1.165) is 32.7 Å². The Bertz CT molecular complexity index is 375. The van der Waals surface area contributed by atoms with Crippen LogP contribution in [0.3, 0.4) is 0 Å². The summed E-state index contributed by atoms with van der Waals surface area (Å²) in [6, 6.07) is 0. The molecule has 0 saturated carbocycles. The van der Waals surface area contributed by atoms with Gasteiger partial charge in [0.2, 0.25) is 11.8 Å². The summed E-state index contributed by atoms with van der Waals surface area (Å²) in [6.07, 6.45) is 1.88. The van der Waals surface area contributed by atoms with E-state index in [9.17, 15) is 9.59 Å². The largest absolute Gasteiger partial charge is 0.379 e. The van der Waals surface area contributed by atoms with Gasteiger partial charge in [0.25, 0.3) is 0 Å². The Morgan fingerprint density at radius 2 is 1.48 bits per heavy atom. The Morgan fingerprint density at radius 3 is 1.90 bits per heavy atom. The van der Waals surface area contributed by atoms with E-state index in [0.29, 0.717) is 31.4 Å². The van der Waals surface area contributed by atoms with Crippen molar-refractivity contribution in [2.45, 2.75) is 102 Å². The fourth-order valence-corrected chi connectivity index (χ4v) is 2.26. The second-order valence-corrected chi connectivity index (χ2v) is 7.28. The molecule has 1 rings (SSSR count). The molecule has 1 heterocycles. The molecule has 31 heavy (non-hydrogen) atoms. The highest BCUT2D eigenvalue weighted by Gasteiger charge is 2.25. The van der Waals surface area contributed by atoms with Crippen molar-refractivity contribution < 1.29 is 19.1 Å². The molecule has 1 aliphatic rings. The van der Waals surface area contributed by atoms with Crippen LogP contribution in [0.15, 0.2) is 0 Å². The molecule has 0 aromatic heterocycles. The molecule has 0 radical (unpaired) electrons. The summed E-state index contributed by atoms with van der Waals surface area (Å²) in [6.45, 7) is 28.3. The second-order valence-electron chi connectivity index (χ2n) is 7.28. The monoisotopic (exact) mass is 448 g/mol. The molecular weight excluding hydrogens is 392 g/mol. The minimum Gasteiger partial charge on any atom is -0.379 e. The number of carbonyl (C=O) groups is 2. The summed E-state index contributed by atoms with van der Waals surface area (Å²) in [4.78, 5) is 23.6. The van der Waals surface area contributed by atoms with Gasteiger partial charge in [0, 0.05) is 46.2 Å². The van der Waals surface area contributed by atoms with E-state index in [4.69, 9.17) is 9.47 Å². The number of hydrogen-bond acceptors (Lipinski definition) is 4. The molecule has 0 aromatic rings. The molecule has 0 bridgehead atoms. The van der Waals surface area contributed by atoms with Crippen molar-refractivity contribution in [3.8, 4) is 0 Å². The molecule has 1 atom stereocenters. The Morgan fingerprint density at radius 1 is 0.968 bits per heavy atom. The molecule has 190 valence electrons. The maximum atomic E-state index is 11.4. The van der Waals surface area contributed by atoms with Gasteiger partial charge in [0.1, 0.15) is 0 Å². The van der Waals surface area contributed by atoms with Gasteiger partial charge in [-0.15, -0.1) is 0 Å². The first kappa shape index (κ1) is 37.2. The van der Waals surface area contributed by atoms with Crippen molar-refractivity contribution in [3.63, 3.8) is 0 Å². The summed E-state index contributed by atoms with van der Waals surface area (Å²) < 4.78 is 10.9. The summed E-state index contributed by atoms with van der Waals surface area (Å²) >= 11 is 0. The van der Waals surface area contributed by atoms with Crippen LogP contribution in [0.5, 0.6) is 0 Å². The van der Waals surface area contributed by atoms with E-state index >= 15 is 0 Å². The van der Waals surface area contributed by atoms with E-state index in [1.165, 1.54) is 6.92 Å². The van der Waals surface area contributed by atoms with Crippen molar-refractivity contribution >= 4 is 11.8 Å². The molecular formula is C25H56N2O4. The molecule has 6 nitrogen and oxygen atoms in total. The number of likely N-dealkylation sites (tertiary alicyclic amines) is 1. The second kappa shape index (κ2) is 28.9. The van der Waals surface area contributed by atoms with Crippen molar-refractivity contribution in [1.29, 1.82) is 0 Å². The quantitative estimate of drug-likeness (QED) is 0.470. The van der Waals surface area contributed by atoms with E-state index < -0.39 is 0 Å². The number of hydrogen-bond donors (Lipinski definition) is 1. The lowest BCUT2D eigenvalue weighted by Gasteiger charge is -2.16. The summed E-state index contributed by atoms with van der Waals surface area (Å²) in [7, 11) is 0. The summed E-state index contributed by atoms with van der Waals surface area (Å²) in [5.74, 6) is 1.39. The lowest BCUT2D eigenvalue weighted by Crippen LogP contribution is -2.29. The SMILES string of the molecule is CC.CC.CC.CC(=O)NCCOCC(C)C.CCC(=O)N1CCC(OCC(C)C)C1.